The number of carbonyl (C=O) groups excluding carboxylic acids is 1. The molecule has 2 unspecified atom stereocenters. The maximum Gasteiger partial charge on any atom is 0.248 e. The molecule has 0 aromatic carbocycles. The lowest BCUT2D eigenvalue weighted by molar-refractivity contribution is -0.131. The molecule has 0 saturated carbocycles. The number of rotatable bonds is 4. The van der Waals surface area contributed by atoms with Crippen LogP contribution in [-0.4, -0.2) is 44.6 Å². The normalized spacial score (nSPS) is 21.2. The Morgan fingerprint density at radius 2 is 1.95 bits per heavy atom. The van der Waals surface area contributed by atoms with Gasteiger partial charge in [0.25, 0.3) is 0 Å². The molecule has 1 amide bonds. The Morgan fingerprint density at radius 3 is 2.43 bits per heavy atom. The van der Waals surface area contributed by atoms with E-state index in [4.69, 9.17) is 4.74 Å². The van der Waals surface area contributed by atoms with E-state index >= 15 is 0 Å². The summed E-state index contributed by atoms with van der Waals surface area (Å²) in [6.45, 7) is 7.83. The lowest BCUT2D eigenvalue weighted by Gasteiger charge is -2.15. The summed E-state index contributed by atoms with van der Waals surface area (Å²) in [6.07, 6.45) is 0.977. The van der Waals surface area contributed by atoms with Gasteiger partial charge in [0.15, 0.2) is 11.7 Å². The summed E-state index contributed by atoms with van der Waals surface area (Å²) in [5.41, 5.74) is 0.573. The van der Waals surface area contributed by atoms with Gasteiger partial charge >= 0.3 is 0 Å². The van der Waals surface area contributed by atoms with E-state index in [2.05, 4.69) is 15.6 Å². The third-order valence-electron chi connectivity index (χ3n) is 3.01. The maximum atomic E-state index is 13.7. The van der Waals surface area contributed by atoms with E-state index < -0.39 is 6.10 Å². The fourth-order valence-electron chi connectivity index (χ4n) is 1.91. The number of carbonyl (C=O) groups is 1. The number of hydrogen-bond acceptors (Lipinski definition) is 3. The number of hydrogen-bond donors (Lipinski definition) is 2. The lowest BCUT2D eigenvalue weighted by Crippen LogP contribution is -2.36. The molecule has 5 nitrogen and oxygen atoms in total. The van der Waals surface area contributed by atoms with Crippen molar-refractivity contribution in [2.75, 3.05) is 20.6 Å². The second kappa shape index (κ2) is 10.3. The first kappa shape index (κ1) is 19.6. The number of nitrogens with one attached hydrogen (secondary N) is 2. The van der Waals surface area contributed by atoms with Crippen LogP contribution in [0.1, 0.15) is 40.5 Å². The molecule has 1 aliphatic heterocycles. The molecule has 21 heavy (non-hydrogen) atoms. The largest absolute Gasteiger partial charge is 0.365 e. The SMILES string of the molecule is CC.CN=C(NCC1CCC(C(=O)NC)O1)C(F)=C(C)C. The van der Waals surface area contributed by atoms with E-state index in [1.54, 1.807) is 20.9 Å². The fourth-order valence-corrected chi connectivity index (χ4v) is 1.91. The molecule has 1 rings (SSSR count). The molecule has 2 atom stereocenters. The third kappa shape index (κ3) is 6.25. The molecule has 0 aliphatic carbocycles. The van der Waals surface area contributed by atoms with Gasteiger partial charge in [-0.25, -0.2) is 4.39 Å². The molecule has 0 aromatic heterocycles. The Hall–Kier alpha value is -1.43. The predicted octanol–water partition coefficient (Wildman–Crippen LogP) is 2.19. The fraction of sp³-hybridized carbons (Fsp3) is 0.733. The minimum absolute atomic E-state index is 0.0935. The van der Waals surface area contributed by atoms with E-state index in [0.29, 0.717) is 18.5 Å². The number of amides is 1. The Kier molecular flexibility index (Phi) is 9.62. The molecule has 122 valence electrons. The smallest absolute Gasteiger partial charge is 0.248 e. The Morgan fingerprint density at radius 1 is 1.33 bits per heavy atom. The number of likely N-dealkylation sites (N-methyl/N-ethyl adjacent to an activating group) is 1. The zero-order valence-corrected chi connectivity index (χ0v) is 13.9. The van der Waals surface area contributed by atoms with Crippen molar-refractivity contribution < 1.29 is 13.9 Å². The summed E-state index contributed by atoms with van der Waals surface area (Å²) in [5, 5.41) is 5.49. The van der Waals surface area contributed by atoms with Gasteiger partial charge in [-0.05, 0) is 32.3 Å². The zero-order chi connectivity index (χ0) is 16.4. The monoisotopic (exact) mass is 301 g/mol. The van der Waals surface area contributed by atoms with Crippen LogP contribution in [0, 0.1) is 0 Å². The first-order valence-corrected chi connectivity index (χ1v) is 7.40. The van der Waals surface area contributed by atoms with Crippen LogP contribution < -0.4 is 10.6 Å². The molecule has 1 heterocycles. The molecule has 1 saturated heterocycles. The molecule has 0 aromatic rings. The predicted molar refractivity (Wildman–Crippen MR) is 84.2 cm³/mol. The number of amidine groups is 1. The van der Waals surface area contributed by atoms with Gasteiger partial charge in [0.2, 0.25) is 5.91 Å². The van der Waals surface area contributed by atoms with Gasteiger partial charge in [0.1, 0.15) is 6.10 Å². The summed E-state index contributed by atoms with van der Waals surface area (Å²) in [4.78, 5) is 15.3. The molecule has 1 fully saturated rings. The molecule has 2 N–H and O–H groups in total. The molecule has 1 aliphatic rings. The van der Waals surface area contributed by atoms with Crippen LogP contribution >= 0.6 is 0 Å². The van der Waals surface area contributed by atoms with Crippen molar-refractivity contribution in [1.82, 2.24) is 10.6 Å². The minimum Gasteiger partial charge on any atom is -0.365 e. The topological polar surface area (TPSA) is 62.7 Å². The summed E-state index contributed by atoms with van der Waals surface area (Å²) in [7, 11) is 3.12. The highest BCUT2D eigenvalue weighted by Gasteiger charge is 2.30. The average Bonchev–Trinajstić information content (AvgIpc) is 2.97. The van der Waals surface area contributed by atoms with Crippen molar-refractivity contribution in [3.8, 4) is 0 Å². The van der Waals surface area contributed by atoms with E-state index in [9.17, 15) is 9.18 Å². The van der Waals surface area contributed by atoms with E-state index in [-0.39, 0.29) is 23.7 Å². The van der Waals surface area contributed by atoms with E-state index in [1.807, 2.05) is 13.8 Å². The lowest BCUT2D eigenvalue weighted by atomic mass is 10.2. The summed E-state index contributed by atoms with van der Waals surface area (Å²) in [5.74, 6) is -0.224. The van der Waals surface area contributed by atoms with Crippen molar-refractivity contribution in [3.05, 3.63) is 11.4 Å². The van der Waals surface area contributed by atoms with Crippen LogP contribution in [-0.2, 0) is 9.53 Å². The molecule has 0 bridgehead atoms. The van der Waals surface area contributed by atoms with Crippen LogP contribution in [0.3, 0.4) is 0 Å². The number of ether oxygens (including phenoxy) is 1. The third-order valence-corrected chi connectivity index (χ3v) is 3.01. The highest BCUT2D eigenvalue weighted by Crippen LogP contribution is 2.19. The highest BCUT2D eigenvalue weighted by atomic mass is 19.1. The van der Waals surface area contributed by atoms with Crippen molar-refractivity contribution in [3.63, 3.8) is 0 Å². The molecular formula is C15H28FN3O2. The highest BCUT2D eigenvalue weighted by molar-refractivity contribution is 5.96. The summed E-state index contributed by atoms with van der Waals surface area (Å²) >= 11 is 0. The number of nitrogens with zero attached hydrogens (tertiary/aromatic N) is 1. The molecule has 0 radical (unpaired) electrons. The van der Waals surface area contributed by atoms with Crippen LogP contribution in [0.2, 0.25) is 0 Å². The van der Waals surface area contributed by atoms with Crippen LogP contribution in [0.5, 0.6) is 0 Å². The average molecular weight is 301 g/mol. The Bertz CT molecular complexity index is 390. The number of allylic oxidation sites excluding steroid dienone is 1. The van der Waals surface area contributed by atoms with Crippen molar-refractivity contribution in [2.45, 2.75) is 52.7 Å². The van der Waals surface area contributed by atoms with Crippen molar-refractivity contribution >= 4 is 11.7 Å². The Labute approximate surface area is 127 Å². The van der Waals surface area contributed by atoms with E-state index in [0.717, 1.165) is 6.42 Å². The van der Waals surface area contributed by atoms with Gasteiger partial charge in [-0.1, -0.05) is 13.8 Å². The van der Waals surface area contributed by atoms with Crippen LogP contribution in [0.4, 0.5) is 4.39 Å². The van der Waals surface area contributed by atoms with Gasteiger partial charge in [-0.15, -0.1) is 0 Å². The minimum atomic E-state index is -0.396. The second-order valence-corrected chi connectivity index (χ2v) is 4.71. The Balaban J connectivity index is 0.00000191. The second-order valence-electron chi connectivity index (χ2n) is 4.71. The summed E-state index contributed by atoms with van der Waals surface area (Å²) in [6, 6.07) is 0. The first-order valence-electron chi connectivity index (χ1n) is 7.40. The van der Waals surface area contributed by atoms with Gasteiger partial charge in [0, 0.05) is 20.6 Å². The molecular weight excluding hydrogens is 273 g/mol. The van der Waals surface area contributed by atoms with Gasteiger partial charge < -0.3 is 15.4 Å². The van der Waals surface area contributed by atoms with Crippen LogP contribution in [0.15, 0.2) is 16.4 Å². The van der Waals surface area contributed by atoms with Gasteiger partial charge in [-0.3, -0.25) is 9.79 Å². The maximum absolute atomic E-state index is 13.7. The zero-order valence-electron chi connectivity index (χ0n) is 13.9. The van der Waals surface area contributed by atoms with Gasteiger partial charge in [-0.2, -0.15) is 0 Å². The summed E-state index contributed by atoms with van der Waals surface area (Å²) < 4.78 is 19.3. The molecule has 6 heteroatoms. The quantitative estimate of drug-likeness (QED) is 0.618. The first-order chi connectivity index (χ1) is 9.99. The molecule has 0 spiro atoms. The van der Waals surface area contributed by atoms with E-state index in [1.165, 1.54) is 7.05 Å². The standard InChI is InChI=1S/C13H22FN3O2.C2H6/c1-8(2)11(14)12(15-3)17-7-9-5-6-10(19-9)13(18)16-4;1-2/h9-10H,5-7H2,1-4H3,(H,15,17)(H,16,18);1-2H3. The number of halogens is 1. The van der Waals surface area contributed by atoms with Crippen molar-refractivity contribution in [2.24, 2.45) is 4.99 Å². The number of aliphatic imine (C=N–C) groups is 1. The van der Waals surface area contributed by atoms with Crippen molar-refractivity contribution in [1.29, 1.82) is 0 Å². The van der Waals surface area contributed by atoms with Crippen LogP contribution in [0.25, 0.3) is 0 Å². The van der Waals surface area contributed by atoms with Gasteiger partial charge in [0.05, 0.1) is 6.10 Å².